The highest BCUT2D eigenvalue weighted by atomic mass is 16.6. The molecule has 0 amide bonds. The van der Waals surface area contributed by atoms with Crippen LogP contribution in [0.3, 0.4) is 0 Å². The Labute approximate surface area is 134 Å². The van der Waals surface area contributed by atoms with Crippen LogP contribution in [0.1, 0.15) is 20.3 Å². The highest BCUT2D eigenvalue weighted by Crippen LogP contribution is 2.31. The lowest BCUT2D eigenvalue weighted by Gasteiger charge is -2.34. The van der Waals surface area contributed by atoms with Crippen molar-refractivity contribution in [3.63, 3.8) is 0 Å². The van der Waals surface area contributed by atoms with Gasteiger partial charge in [-0.2, -0.15) is 0 Å². The Kier molecular flexibility index (Phi) is 5.59. The molecule has 2 aliphatic rings. The first kappa shape index (κ1) is 17.3. The molecule has 23 heavy (non-hydrogen) atoms. The second kappa shape index (κ2) is 7.45. The van der Waals surface area contributed by atoms with E-state index in [1.54, 1.807) is 13.0 Å². The van der Waals surface area contributed by atoms with Gasteiger partial charge in [-0.1, -0.05) is 0 Å². The largest absolute Gasteiger partial charge is 0.478 e. The monoisotopic (exact) mass is 327 g/mol. The molecule has 2 heterocycles. The molecule has 0 aromatic carbocycles. The highest BCUT2D eigenvalue weighted by molar-refractivity contribution is 5.87. The summed E-state index contributed by atoms with van der Waals surface area (Å²) in [5.74, 6) is -0.365. The lowest BCUT2D eigenvalue weighted by atomic mass is 9.96. The Morgan fingerprint density at radius 1 is 1.35 bits per heavy atom. The number of carbonyl (C=O) groups excluding carboxylic acids is 2. The zero-order valence-electron chi connectivity index (χ0n) is 13.6. The van der Waals surface area contributed by atoms with Crippen LogP contribution in [0.2, 0.25) is 0 Å². The number of fused-ring (bicyclic) bond motifs is 1. The van der Waals surface area contributed by atoms with Crippen LogP contribution in [0.4, 0.5) is 0 Å². The summed E-state index contributed by atoms with van der Waals surface area (Å²) in [5, 5.41) is 0. The molecule has 0 aromatic heterocycles. The number of aliphatic imine (C=N–C) groups is 1. The summed E-state index contributed by atoms with van der Waals surface area (Å²) in [4.78, 5) is 27.1. The number of hydrogen-bond donors (Lipinski definition) is 0. The molecule has 0 aliphatic carbocycles. The summed E-state index contributed by atoms with van der Waals surface area (Å²) in [5.41, 5.74) is 0. The maximum atomic E-state index is 11.8. The minimum absolute atomic E-state index is 0.0678. The van der Waals surface area contributed by atoms with Crippen LogP contribution in [0.15, 0.2) is 16.8 Å². The molecule has 128 valence electrons. The number of ether oxygens (including phenoxy) is 5. The van der Waals surface area contributed by atoms with Crippen molar-refractivity contribution in [2.24, 2.45) is 4.99 Å². The maximum Gasteiger partial charge on any atom is 0.373 e. The van der Waals surface area contributed by atoms with E-state index in [9.17, 15) is 9.59 Å². The first-order chi connectivity index (χ1) is 11.0. The van der Waals surface area contributed by atoms with E-state index in [2.05, 4.69) is 4.99 Å². The summed E-state index contributed by atoms with van der Waals surface area (Å²) in [6, 6.07) is -0.328. The van der Waals surface area contributed by atoms with Gasteiger partial charge in [-0.15, -0.1) is 0 Å². The van der Waals surface area contributed by atoms with Crippen molar-refractivity contribution in [1.29, 1.82) is 0 Å². The quantitative estimate of drug-likeness (QED) is 0.659. The van der Waals surface area contributed by atoms with E-state index in [-0.39, 0.29) is 24.4 Å². The van der Waals surface area contributed by atoms with Crippen molar-refractivity contribution < 1.29 is 33.3 Å². The Hall–Kier alpha value is -2.09. The number of esters is 2. The van der Waals surface area contributed by atoms with Crippen molar-refractivity contribution in [1.82, 2.24) is 0 Å². The molecule has 4 atom stereocenters. The molecule has 0 fully saturated rings. The molecule has 0 N–H and O–H groups in total. The van der Waals surface area contributed by atoms with Gasteiger partial charge in [-0.3, -0.25) is 4.79 Å². The maximum absolute atomic E-state index is 11.8. The predicted octanol–water partition coefficient (Wildman–Crippen LogP) is 0.596. The zero-order chi connectivity index (χ0) is 17.0. The summed E-state index contributed by atoms with van der Waals surface area (Å²) in [7, 11) is 2.80. The summed E-state index contributed by atoms with van der Waals surface area (Å²) < 4.78 is 26.5. The molecule has 2 aliphatic heterocycles. The van der Waals surface area contributed by atoms with E-state index in [1.807, 2.05) is 0 Å². The van der Waals surface area contributed by atoms with Crippen LogP contribution in [0, 0.1) is 0 Å². The molecular formula is C15H21NO7. The van der Waals surface area contributed by atoms with Crippen LogP contribution in [-0.4, -0.2) is 63.0 Å². The summed E-state index contributed by atoms with van der Waals surface area (Å²) in [6.45, 7) is 3.26. The van der Waals surface area contributed by atoms with Gasteiger partial charge in [0.2, 0.25) is 5.76 Å². The van der Waals surface area contributed by atoms with Gasteiger partial charge in [-0.05, 0) is 0 Å². The number of rotatable bonds is 6. The fourth-order valence-electron chi connectivity index (χ4n) is 2.63. The van der Waals surface area contributed by atoms with Crippen LogP contribution in [0.5, 0.6) is 0 Å². The van der Waals surface area contributed by atoms with Crippen molar-refractivity contribution >= 4 is 17.8 Å². The molecule has 0 spiro atoms. The standard InChI is InChI=1S/C15H21NO7/c1-8-16-13-11(22-8)7-12(15(18)20-4)23-14(13)10(19-3)5-6-21-9(2)17/h7,10-11,13-14H,5-6H2,1-4H3. The Morgan fingerprint density at radius 3 is 2.70 bits per heavy atom. The Bertz CT molecular complexity index is 528. The molecule has 4 unspecified atom stereocenters. The average molecular weight is 327 g/mol. The van der Waals surface area contributed by atoms with Crippen molar-refractivity contribution in [3.05, 3.63) is 11.8 Å². The number of hydrogen-bond acceptors (Lipinski definition) is 8. The van der Waals surface area contributed by atoms with Gasteiger partial charge in [0.1, 0.15) is 12.1 Å². The van der Waals surface area contributed by atoms with E-state index >= 15 is 0 Å². The van der Waals surface area contributed by atoms with Gasteiger partial charge < -0.3 is 23.7 Å². The first-order valence-corrected chi connectivity index (χ1v) is 7.30. The molecule has 0 saturated carbocycles. The fraction of sp³-hybridized carbons (Fsp3) is 0.667. The van der Waals surface area contributed by atoms with Crippen molar-refractivity contribution in [2.75, 3.05) is 20.8 Å². The lowest BCUT2D eigenvalue weighted by Crippen LogP contribution is -2.48. The van der Waals surface area contributed by atoms with Gasteiger partial charge in [0.05, 0.1) is 19.8 Å². The van der Waals surface area contributed by atoms with E-state index < -0.39 is 24.3 Å². The third-order valence-corrected chi connectivity index (χ3v) is 3.65. The van der Waals surface area contributed by atoms with Gasteiger partial charge in [0.25, 0.3) is 0 Å². The smallest absolute Gasteiger partial charge is 0.373 e. The van der Waals surface area contributed by atoms with Crippen LogP contribution in [-0.2, 0) is 33.3 Å². The van der Waals surface area contributed by atoms with Crippen LogP contribution in [0.25, 0.3) is 0 Å². The molecule has 8 heteroatoms. The minimum Gasteiger partial charge on any atom is -0.478 e. The molecule has 0 aromatic rings. The third kappa shape index (κ3) is 4.01. The van der Waals surface area contributed by atoms with Crippen molar-refractivity contribution in [3.8, 4) is 0 Å². The number of carbonyl (C=O) groups is 2. The van der Waals surface area contributed by atoms with Gasteiger partial charge in [0.15, 0.2) is 12.0 Å². The topological polar surface area (TPSA) is 92.7 Å². The molecule has 0 bridgehead atoms. The Balaban J connectivity index is 2.15. The van der Waals surface area contributed by atoms with E-state index in [0.29, 0.717) is 12.3 Å². The molecular weight excluding hydrogens is 306 g/mol. The fourth-order valence-corrected chi connectivity index (χ4v) is 2.63. The van der Waals surface area contributed by atoms with Crippen LogP contribution < -0.4 is 0 Å². The Morgan fingerprint density at radius 2 is 2.09 bits per heavy atom. The van der Waals surface area contributed by atoms with Crippen LogP contribution >= 0.6 is 0 Å². The molecule has 8 nitrogen and oxygen atoms in total. The van der Waals surface area contributed by atoms with Gasteiger partial charge in [-0.25, -0.2) is 9.79 Å². The number of methoxy groups -OCH3 is 2. The first-order valence-electron chi connectivity index (χ1n) is 7.30. The second-order valence-electron chi connectivity index (χ2n) is 5.23. The average Bonchev–Trinajstić information content (AvgIpc) is 2.89. The van der Waals surface area contributed by atoms with E-state index in [4.69, 9.17) is 23.7 Å². The third-order valence-electron chi connectivity index (χ3n) is 3.65. The van der Waals surface area contributed by atoms with Gasteiger partial charge in [0, 0.05) is 33.5 Å². The highest BCUT2D eigenvalue weighted by Gasteiger charge is 2.45. The number of nitrogens with zero attached hydrogens (tertiary/aromatic N) is 1. The summed E-state index contributed by atoms with van der Waals surface area (Å²) >= 11 is 0. The van der Waals surface area contributed by atoms with E-state index in [0.717, 1.165) is 0 Å². The van der Waals surface area contributed by atoms with Gasteiger partial charge >= 0.3 is 11.9 Å². The minimum atomic E-state index is -0.587. The zero-order valence-corrected chi connectivity index (χ0v) is 13.6. The molecule has 0 saturated heterocycles. The molecule has 0 radical (unpaired) electrons. The van der Waals surface area contributed by atoms with E-state index in [1.165, 1.54) is 21.1 Å². The summed E-state index contributed by atoms with van der Waals surface area (Å²) in [6.07, 6.45) is 0.596. The normalized spacial score (nSPS) is 26.9. The second-order valence-corrected chi connectivity index (χ2v) is 5.23. The lowest BCUT2D eigenvalue weighted by molar-refractivity contribution is -0.147. The SMILES string of the molecule is COC(=O)C1=CC2OC(C)=NC2C(C(CCOC(C)=O)OC)O1. The van der Waals surface area contributed by atoms with Crippen molar-refractivity contribution in [2.45, 2.75) is 44.6 Å². The molecule has 2 rings (SSSR count). The predicted molar refractivity (Wildman–Crippen MR) is 78.8 cm³/mol.